The lowest BCUT2D eigenvalue weighted by molar-refractivity contribution is -0.143. The molecule has 160 valence electrons. The summed E-state index contributed by atoms with van der Waals surface area (Å²) in [6.07, 6.45) is 3.39. The van der Waals surface area contributed by atoms with Gasteiger partial charge in [-0.1, -0.05) is 25.5 Å². The number of nitrogens with one attached hydrogen (secondary N) is 2. The Balaban J connectivity index is 1.55. The number of benzene rings is 1. The van der Waals surface area contributed by atoms with E-state index in [9.17, 15) is 14.7 Å². The third-order valence-corrected chi connectivity index (χ3v) is 5.32. The first-order chi connectivity index (χ1) is 15.0. The van der Waals surface area contributed by atoms with Crippen LogP contribution in [0.2, 0.25) is 0 Å². The summed E-state index contributed by atoms with van der Waals surface area (Å²) >= 11 is 0. The van der Waals surface area contributed by atoms with E-state index in [2.05, 4.69) is 30.9 Å². The molecule has 0 spiro atoms. The van der Waals surface area contributed by atoms with Crippen molar-refractivity contribution in [1.29, 1.82) is 0 Å². The van der Waals surface area contributed by atoms with E-state index >= 15 is 0 Å². The van der Waals surface area contributed by atoms with Crippen LogP contribution in [0.15, 0.2) is 36.5 Å². The van der Waals surface area contributed by atoms with Gasteiger partial charge in [-0.25, -0.2) is 5.10 Å². The van der Waals surface area contributed by atoms with Gasteiger partial charge in [-0.05, 0) is 40.6 Å². The van der Waals surface area contributed by atoms with Crippen LogP contribution in [0, 0.1) is 5.92 Å². The van der Waals surface area contributed by atoms with E-state index in [0.717, 1.165) is 23.2 Å². The summed E-state index contributed by atoms with van der Waals surface area (Å²) in [4.78, 5) is 27.8. The molecule has 0 saturated heterocycles. The Morgan fingerprint density at radius 2 is 2.10 bits per heavy atom. The summed E-state index contributed by atoms with van der Waals surface area (Å²) in [7, 11) is 0. The fraction of sp³-hybridized carbons (Fsp3) is 0.333. The van der Waals surface area contributed by atoms with Gasteiger partial charge in [0.25, 0.3) is 5.91 Å². The summed E-state index contributed by atoms with van der Waals surface area (Å²) in [6, 6.07) is 9.34. The molecular formula is C21H22N6O4. The molecule has 1 amide bonds. The fourth-order valence-corrected chi connectivity index (χ4v) is 3.76. The SMILES string of the molecule is CCC[C@H](C(=O)O)C(Cc1ccc(-c2ccc3c(c2)OCC(=O)N3)cn1)c1nnn[nH]1. The molecular weight excluding hydrogens is 400 g/mol. The first-order valence-electron chi connectivity index (χ1n) is 10.0. The number of carbonyl (C=O) groups excluding carboxylic acids is 1. The lowest BCUT2D eigenvalue weighted by Crippen LogP contribution is -2.25. The topological polar surface area (TPSA) is 143 Å². The minimum atomic E-state index is -0.874. The van der Waals surface area contributed by atoms with Crippen LogP contribution in [0.3, 0.4) is 0 Å². The molecule has 1 aromatic carbocycles. The normalized spacial score (nSPS) is 14.8. The second-order valence-electron chi connectivity index (χ2n) is 7.42. The maximum Gasteiger partial charge on any atom is 0.307 e. The molecule has 2 aromatic heterocycles. The van der Waals surface area contributed by atoms with Crippen LogP contribution in [-0.4, -0.2) is 49.2 Å². The highest BCUT2D eigenvalue weighted by atomic mass is 16.5. The average molecular weight is 422 g/mol. The summed E-state index contributed by atoms with van der Waals surface area (Å²) in [6.45, 7) is 1.94. The summed E-state index contributed by atoms with van der Waals surface area (Å²) in [5.74, 6) is -1.02. The number of amides is 1. The molecule has 2 atom stereocenters. The molecule has 1 unspecified atom stereocenters. The Labute approximate surface area is 178 Å². The monoisotopic (exact) mass is 422 g/mol. The number of carboxylic acids is 1. The van der Waals surface area contributed by atoms with Gasteiger partial charge < -0.3 is 15.2 Å². The van der Waals surface area contributed by atoms with Crippen molar-refractivity contribution >= 4 is 17.6 Å². The second kappa shape index (κ2) is 8.90. The highest BCUT2D eigenvalue weighted by molar-refractivity contribution is 5.95. The van der Waals surface area contributed by atoms with Crippen LogP contribution in [-0.2, 0) is 16.0 Å². The van der Waals surface area contributed by atoms with Gasteiger partial charge in [0, 0.05) is 29.8 Å². The van der Waals surface area contributed by atoms with Crippen molar-refractivity contribution in [2.24, 2.45) is 5.92 Å². The van der Waals surface area contributed by atoms with Gasteiger partial charge in [-0.3, -0.25) is 14.6 Å². The number of rotatable bonds is 8. The molecule has 1 aliphatic rings. The third-order valence-electron chi connectivity index (χ3n) is 5.32. The van der Waals surface area contributed by atoms with Crippen molar-refractivity contribution in [3.8, 4) is 16.9 Å². The predicted octanol–water partition coefficient (Wildman–Crippen LogP) is 2.42. The quantitative estimate of drug-likeness (QED) is 0.502. The number of nitrogens with zero attached hydrogens (tertiary/aromatic N) is 4. The zero-order valence-electron chi connectivity index (χ0n) is 16.9. The largest absolute Gasteiger partial charge is 0.482 e. The number of H-pyrrole nitrogens is 1. The van der Waals surface area contributed by atoms with Crippen LogP contribution in [0.4, 0.5) is 5.69 Å². The molecule has 0 saturated carbocycles. The van der Waals surface area contributed by atoms with Gasteiger partial charge in [0.05, 0.1) is 11.6 Å². The minimum Gasteiger partial charge on any atom is -0.482 e. The average Bonchev–Trinajstić information content (AvgIpc) is 3.31. The Kier molecular flexibility index (Phi) is 5.87. The molecule has 1 aliphatic heterocycles. The summed E-state index contributed by atoms with van der Waals surface area (Å²) in [5, 5.41) is 26.4. The highest BCUT2D eigenvalue weighted by Crippen LogP contribution is 2.33. The maximum absolute atomic E-state index is 11.9. The fourth-order valence-electron chi connectivity index (χ4n) is 3.76. The molecule has 0 bridgehead atoms. The standard InChI is InChI=1S/C21H22N6O4/c1-2-3-15(21(29)30)16(20-24-26-27-25-20)9-14-6-4-13(10-22-14)12-5-7-17-18(8-12)31-11-19(28)23-17/h4-8,10,15-16H,2-3,9,11H2,1H3,(H,23,28)(H,29,30)(H,24,25,26,27)/t15-,16?/m0/s1. The van der Waals surface area contributed by atoms with Crippen molar-refractivity contribution in [1.82, 2.24) is 25.6 Å². The van der Waals surface area contributed by atoms with Gasteiger partial charge in [0.2, 0.25) is 0 Å². The number of fused-ring (bicyclic) bond motifs is 1. The van der Waals surface area contributed by atoms with Crippen molar-refractivity contribution in [3.05, 3.63) is 48.0 Å². The number of pyridine rings is 1. The summed E-state index contributed by atoms with van der Waals surface area (Å²) < 4.78 is 5.48. The predicted molar refractivity (Wildman–Crippen MR) is 110 cm³/mol. The lowest BCUT2D eigenvalue weighted by atomic mass is 9.84. The number of aromatic nitrogens is 5. The number of aromatic amines is 1. The number of ether oxygens (including phenoxy) is 1. The number of tetrazole rings is 1. The minimum absolute atomic E-state index is 0.00593. The van der Waals surface area contributed by atoms with E-state index in [1.807, 2.05) is 31.2 Å². The lowest BCUT2D eigenvalue weighted by Gasteiger charge is -2.21. The van der Waals surface area contributed by atoms with Gasteiger partial charge in [0.1, 0.15) is 5.75 Å². The zero-order chi connectivity index (χ0) is 21.8. The third kappa shape index (κ3) is 4.52. The van der Waals surface area contributed by atoms with E-state index < -0.39 is 17.8 Å². The van der Waals surface area contributed by atoms with Crippen LogP contribution in [0.1, 0.15) is 37.2 Å². The molecule has 10 heteroatoms. The number of hydrogen-bond donors (Lipinski definition) is 3. The first-order valence-corrected chi connectivity index (χ1v) is 10.0. The number of carboxylic acid groups (broad SMARTS) is 1. The molecule has 4 rings (SSSR count). The van der Waals surface area contributed by atoms with Crippen molar-refractivity contribution in [3.63, 3.8) is 0 Å². The van der Waals surface area contributed by atoms with Crippen LogP contribution in [0.5, 0.6) is 5.75 Å². The summed E-state index contributed by atoms with van der Waals surface area (Å²) in [5.41, 5.74) is 3.17. The molecule has 0 fully saturated rings. The molecule has 3 aromatic rings. The Morgan fingerprint density at radius 1 is 1.26 bits per heavy atom. The van der Waals surface area contributed by atoms with Crippen LogP contribution in [0.25, 0.3) is 11.1 Å². The smallest absolute Gasteiger partial charge is 0.307 e. The first kappa shape index (κ1) is 20.5. The van der Waals surface area contributed by atoms with Gasteiger partial charge in [-0.2, -0.15) is 0 Å². The van der Waals surface area contributed by atoms with E-state index in [-0.39, 0.29) is 12.5 Å². The highest BCUT2D eigenvalue weighted by Gasteiger charge is 2.31. The second-order valence-corrected chi connectivity index (χ2v) is 7.42. The van der Waals surface area contributed by atoms with E-state index in [1.165, 1.54) is 0 Å². The molecule has 3 N–H and O–H groups in total. The van der Waals surface area contributed by atoms with Gasteiger partial charge >= 0.3 is 5.97 Å². The number of anilines is 1. The Hall–Kier alpha value is -3.82. The van der Waals surface area contributed by atoms with Crippen molar-refractivity contribution in [2.75, 3.05) is 11.9 Å². The molecule has 0 radical (unpaired) electrons. The van der Waals surface area contributed by atoms with Crippen LogP contribution >= 0.6 is 0 Å². The van der Waals surface area contributed by atoms with E-state index in [0.29, 0.717) is 30.1 Å². The number of carbonyl (C=O) groups is 2. The Morgan fingerprint density at radius 3 is 2.77 bits per heavy atom. The molecule has 3 heterocycles. The molecule has 10 nitrogen and oxygen atoms in total. The number of aliphatic carboxylic acids is 1. The Bertz CT molecular complexity index is 1070. The number of hydrogen-bond acceptors (Lipinski definition) is 7. The molecule has 0 aliphatic carbocycles. The van der Waals surface area contributed by atoms with Crippen LogP contribution < -0.4 is 10.1 Å². The maximum atomic E-state index is 11.9. The molecule has 31 heavy (non-hydrogen) atoms. The van der Waals surface area contributed by atoms with E-state index in [4.69, 9.17) is 4.74 Å². The van der Waals surface area contributed by atoms with Gasteiger partial charge in [0.15, 0.2) is 12.4 Å². The van der Waals surface area contributed by atoms with E-state index in [1.54, 1.807) is 12.3 Å². The van der Waals surface area contributed by atoms with Gasteiger partial charge in [-0.15, -0.1) is 5.10 Å². The van der Waals surface area contributed by atoms with Crippen molar-refractivity contribution < 1.29 is 19.4 Å². The van der Waals surface area contributed by atoms with Crippen molar-refractivity contribution in [2.45, 2.75) is 32.1 Å². The zero-order valence-corrected chi connectivity index (χ0v) is 16.9.